The molecular formula is C15H15ClN2OS. The molecule has 3 rings (SSSR count). The molecule has 0 bridgehead atoms. The van der Waals surface area contributed by atoms with Crippen LogP contribution >= 0.6 is 22.9 Å². The number of hydrogen-bond acceptors (Lipinski definition) is 3. The molecule has 0 aliphatic carbocycles. The van der Waals surface area contributed by atoms with Crippen LogP contribution in [0.25, 0.3) is 0 Å². The Hall–Kier alpha value is -1.39. The normalized spacial score (nSPS) is 18.4. The Morgan fingerprint density at radius 1 is 1.45 bits per heavy atom. The quantitative estimate of drug-likeness (QED) is 0.871. The second-order valence-electron chi connectivity index (χ2n) is 4.96. The van der Waals surface area contributed by atoms with Crippen LogP contribution < -0.4 is 0 Å². The highest BCUT2D eigenvalue weighted by molar-refractivity contribution is 7.09. The third-order valence-corrected chi connectivity index (χ3v) is 4.95. The first-order valence-electron chi connectivity index (χ1n) is 6.64. The Labute approximate surface area is 127 Å². The van der Waals surface area contributed by atoms with Crippen molar-refractivity contribution in [3.63, 3.8) is 0 Å². The fourth-order valence-electron chi connectivity index (χ4n) is 2.54. The number of amides is 1. The summed E-state index contributed by atoms with van der Waals surface area (Å²) < 4.78 is 0. The highest BCUT2D eigenvalue weighted by atomic mass is 35.5. The number of likely N-dealkylation sites (tertiary alicyclic amines) is 1. The van der Waals surface area contributed by atoms with E-state index in [2.05, 4.69) is 4.98 Å². The molecule has 0 saturated carbocycles. The number of thiazole rings is 1. The first kappa shape index (κ1) is 13.6. The predicted molar refractivity (Wildman–Crippen MR) is 81.2 cm³/mol. The van der Waals surface area contributed by atoms with Crippen LogP contribution in [-0.4, -0.2) is 28.9 Å². The standard InChI is InChI=1S/C15H15ClN2OS/c16-13-4-2-1-3-11(13)9-14(19)18-7-5-12(10-18)15-17-6-8-20-15/h1-4,6,8,12H,5,7,9-10H2/t12-/m1/s1. The summed E-state index contributed by atoms with van der Waals surface area (Å²) in [6.07, 6.45) is 3.21. The van der Waals surface area contributed by atoms with Crippen molar-refractivity contribution in [3.05, 3.63) is 51.4 Å². The van der Waals surface area contributed by atoms with Crippen LogP contribution in [0.4, 0.5) is 0 Å². The molecule has 20 heavy (non-hydrogen) atoms. The maximum Gasteiger partial charge on any atom is 0.227 e. The predicted octanol–water partition coefficient (Wildman–Crippen LogP) is 3.36. The van der Waals surface area contributed by atoms with Gasteiger partial charge in [-0.25, -0.2) is 4.98 Å². The van der Waals surface area contributed by atoms with Crippen LogP contribution in [0.3, 0.4) is 0 Å². The molecule has 1 aromatic heterocycles. The molecule has 0 spiro atoms. The molecule has 1 atom stereocenters. The Morgan fingerprint density at radius 3 is 3.05 bits per heavy atom. The van der Waals surface area contributed by atoms with E-state index in [0.29, 0.717) is 17.4 Å². The molecule has 1 saturated heterocycles. The van der Waals surface area contributed by atoms with E-state index in [0.717, 1.165) is 30.1 Å². The van der Waals surface area contributed by atoms with Gasteiger partial charge in [0.2, 0.25) is 5.91 Å². The summed E-state index contributed by atoms with van der Waals surface area (Å²) in [5.41, 5.74) is 0.900. The van der Waals surface area contributed by atoms with Gasteiger partial charge in [-0.15, -0.1) is 11.3 Å². The third kappa shape index (κ3) is 2.86. The molecular weight excluding hydrogens is 292 g/mol. The number of halogens is 1. The van der Waals surface area contributed by atoms with E-state index in [1.54, 1.807) is 11.3 Å². The Bertz CT molecular complexity index is 600. The van der Waals surface area contributed by atoms with Gasteiger partial charge in [0.05, 0.1) is 11.4 Å². The average Bonchev–Trinajstić information content (AvgIpc) is 3.11. The van der Waals surface area contributed by atoms with Gasteiger partial charge in [0.15, 0.2) is 0 Å². The summed E-state index contributed by atoms with van der Waals surface area (Å²) in [5.74, 6) is 0.544. The lowest BCUT2D eigenvalue weighted by Crippen LogP contribution is -2.29. The van der Waals surface area contributed by atoms with Gasteiger partial charge in [-0.1, -0.05) is 29.8 Å². The number of hydrogen-bond donors (Lipinski definition) is 0. The van der Waals surface area contributed by atoms with E-state index in [1.165, 1.54) is 0 Å². The van der Waals surface area contributed by atoms with Gasteiger partial charge in [-0.05, 0) is 18.1 Å². The highest BCUT2D eigenvalue weighted by Gasteiger charge is 2.28. The maximum absolute atomic E-state index is 12.3. The van der Waals surface area contributed by atoms with E-state index in [-0.39, 0.29) is 5.91 Å². The monoisotopic (exact) mass is 306 g/mol. The van der Waals surface area contributed by atoms with Crippen LogP contribution in [0.1, 0.15) is 22.9 Å². The summed E-state index contributed by atoms with van der Waals surface area (Å²) in [7, 11) is 0. The van der Waals surface area contributed by atoms with E-state index in [9.17, 15) is 4.79 Å². The fraction of sp³-hybridized carbons (Fsp3) is 0.333. The van der Waals surface area contributed by atoms with Crippen molar-refractivity contribution in [1.29, 1.82) is 0 Å². The number of benzene rings is 1. The lowest BCUT2D eigenvalue weighted by Gasteiger charge is -2.16. The molecule has 1 fully saturated rings. The fourth-order valence-corrected chi connectivity index (χ4v) is 3.51. The van der Waals surface area contributed by atoms with Crippen molar-refractivity contribution >= 4 is 28.8 Å². The average molecular weight is 307 g/mol. The van der Waals surface area contributed by atoms with Crippen LogP contribution in [0.2, 0.25) is 5.02 Å². The molecule has 0 radical (unpaired) electrons. The molecule has 104 valence electrons. The van der Waals surface area contributed by atoms with E-state index in [4.69, 9.17) is 11.6 Å². The largest absolute Gasteiger partial charge is 0.342 e. The van der Waals surface area contributed by atoms with Crippen molar-refractivity contribution < 1.29 is 4.79 Å². The maximum atomic E-state index is 12.3. The second-order valence-corrected chi connectivity index (χ2v) is 6.30. The van der Waals surface area contributed by atoms with Gasteiger partial charge >= 0.3 is 0 Å². The minimum absolute atomic E-state index is 0.150. The number of aromatic nitrogens is 1. The van der Waals surface area contributed by atoms with Crippen LogP contribution in [0.5, 0.6) is 0 Å². The topological polar surface area (TPSA) is 33.2 Å². The van der Waals surface area contributed by atoms with E-state index in [1.807, 2.05) is 40.7 Å². The summed E-state index contributed by atoms with van der Waals surface area (Å²) in [6, 6.07) is 7.53. The van der Waals surface area contributed by atoms with Crippen LogP contribution in [-0.2, 0) is 11.2 Å². The summed E-state index contributed by atoms with van der Waals surface area (Å²) in [6.45, 7) is 1.59. The molecule has 2 aromatic rings. The molecule has 2 heterocycles. The molecule has 1 aliphatic rings. The zero-order valence-corrected chi connectivity index (χ0v) is 12.5. The molecule has 1 aromatic carbocycles. The first-order chi connectivity index (χ1) is 9.74. The van der Waals surface area contributed by atoms with Crippen molar-refractivity contribution in [3.8, 4) is 0 Å². The molecule has 3 nitrogen and oxygen atoms in total. The number of rotatable bonds is 3. The molecule has 0 unspecified atom stereocenters. The van der Waals surface area contributed by atoms with Crippen molar-refractivity contribution in [1.82, 2.24) is 9.88 Å². The summed E-state index contributed by atoms with van der Waals surface area (Å²) >= 11 is 7.78. The Balaban J connectivity index is 1.63. The summed E-state index contributed by atoms with van der Waals surface area (Å²) in [4.78, 5) is 18.6. The van der Waals surface area contributed by atoms with E-state index < -0.39 is 0 Å². The molecule has 1 aliphatic heterocycles. The minimum Gasteiger partial charge on any atom is -0.342 e. The Kier molecular flexibility index (Phi) is 4.03. The molecule has 5 heteroatoms. The van der Waals surface area contributed by atoms with Gasteiger partial charge in [0.25, 0.3) is 0 Å². The van der Waals surface area contributed by atoms with Gasteiger partial charge in [0, 0.05) is 35.6 Å². The van der Waals surface area contributed by atoms with E-state index >= 15 is 0 Å². The highest BCUT2D eigenvalue weighted by Crippen LogP contribution is 2.29. The Morgan fingerprint density at radius 2 is 2.30 bits per heavy atom. The van der Waals surface area contributed by atoms with Crippen molar-refractivity contribution in [2.75, 3.05) is 13.1 Å². The van der Waals surface area contributed by atoms with Gasteiger partial charge in [0.1, 0.15) is 0 Å². The SMILES string of the molecule is O=C(Cc1ccccc1Cl)N1CC[C@@H](c2nccs2)C1. The first-order valence-corrected chi connectivity index (χ1v) is 7.90. The van der Waals surface area contributed by atoms with Gasteiger partial charge in [-0.2, -0.15) is 0 Å². The van der Waals surface area contributed by atoms with Crippen LogP contribution in [0.15, 0.2) is 35.8 Å². The lowest BCUT2D eigenvalue weighted by molar-refractivity contribution is -0.129. The van der Waals surface area contributed by atoms with Gasteiger partial charge < -0.3 is 4.90 Å². The molecule has 0 N–H and O–H groups in total. The molecule has 1 amide bonds. The number of nitrogens with zero attached hydrogens (tertiary/aromatic N) is 2. The van der Waals surface area contributed by atoms with Gasteiger partial charge in [-0.3, -0.25) is 4.79 Å². The third-order valence-electron chi connectivity index (χ3n) is 3.64. The van der Waals surface area contributed by atoms with Crippen LogP contribution in [0, 0.1) is 0 Å². The van der Waals surface area contributed by atoms with Crippen molar-refractivity contribution in [2.24, 2.45) is 0 Å². The minimum atomic E-state index is 0.150. The summed E-state index contributed by atoms with van der Waals surface area (Å²) in [5, 5.41) is 3.79. The lowest BCUT2D eigenvalue weighted by atomic mass is 10.1. The number of carbonyl (C=O) groups excluding carboxylic acids is 1. The number of carbonyl (C=O) groups is 1. The smallest absolute Gasteiger partial charge is 0.227 e. The zero-order chi connectivity index (χ0) is 13.9. The second kappa shape index (κ2) is 5.94. The van der Waals surface area contributed by atoms with Crippen molar-refractivity contribution in [2.45, 2.75) is 18.8 Å². The zero-order valence-electron chi connectivity index (χ0n) is 11.0.